The predicted octanol–water partition coefficient (Wildman–Crippen LogP) is 4.32. The topological polar surface area (TPSA) is 63.7 Å². The fourth-order valence-electron chi connectivity index (χ4n) is 2.87. The molecule has 144 valence electrons. The van der Waals surface area contributed by atoms with Crippen LogP contribution in [-0.4, -0.2) is 48.3 Å². The first-order valence-electron chi connectivity index (χ1n) is 8.61. The Morgan fingerprint density at radius 2 is 2.15 bits per heavy atom. The lowest BCUT2D eigenvalue weighted by Gasteiger charge is -2.32. The van der Waals surface area contributed by atoms with Crippen LogP contribution < -0.4 is 10.1 Å². The van der Waals surface area contributed by atoms with E-state index in [0.717, 1.165) is 11.3 Å². The summed E-state index contributed by atoms with van der Waals surface area (Å²) in [4.78, 5) is 18.6. The van der Waals surface area contributed by atoms with Crippen molar-refractivity contribution < 1.29 is 14.3 Å². The van der Waals surface area contributed by atoms with Gasteiger partial charge < -0.3 is 14.4 Å². The zero-order valence-corrected chi connectivity index (χ0v) is 16.7. The van der Waals surface area contributed by atoms with Crippen LogP contribution in [0, 0.1) is 13.8 Å². The molecule has 0 bridgehead atoms. The van der Waals surface area contributed by atoms with Crippen molar-refractivity contribution in [3.05, 3.63) is 51.6 Å². The molecule has 2 heterocycles. The summed E-state index contributed by atoms with van der Waals surface area (Å²) in [7, 11) is 0. The number of ether oxygens (including phenoxy) is 2. The third-order valence-corrected chi connectivity index (χ3v) is 4.61. The Kier molecular flexibility index (Phi) is 6.42. The molecular formula is C19H21Cl2N3O3. The molecule has 0 radical (unpaired) electrons. The van der Waals surface area contributed by atoms with Crippen molar-refractivity contribution in [1.29, 1.82) is 0 Å². The van der Waals surface area contributed by atoms with Crippen LogP contribution in [0.2, 0.25) is 10.0 Å². The van der Waals surface area contributed by atoms with E-state index < -0.39 is 0 Å². The maximum Gasteiger partial charge on any atom is 0.323 e. The maximum absolute atomic E-state index is 12.5. The zero-order chi connectivity index (χ0) is 19.4. The van der Waals surface area contributed by atoms with Crippen LogP contribution in [0.1, 0.15) is 11.3 Å². The molecule has 6 nitrogen and oxygen atoms in total. The van der Waals surface area contributed by atoms with E-state index in [0.29, 0.717) is 41.3 Å². The number of aromatic nitrogens is 1. The fraction of sp³-hybridized carbons (Fsp3) is 0.368. The Balaban J connectivity index is 1.56. The van der Waals surface area contributed by atoms with E-state index in [1.807, 2.05) is 26.0 Å². The highest BCUT2D eigenvalue weighted by Crippen LogP contribution is 2.27. The molecule has 0 aliphatic carbocycles. The molecule has 27 heavy (non-hydrogen) atoms. The minimum atomic E-state index is -0.247. The lowest BCUT2D eigenvalue weighted by Crippen LogP contribution is -2.49. The molecule has 8 heteroatoms. The summed E-state index contributed by atoms with van der Waals surface area (Å²) in [6, 6.07) is 8.64. The number of urea groups is 1. The number of morpholine rings is 1. The number of hydrogen-bond acceptors (Lipinski definition) is 4. The third-order valence-electron chi connectivity index (χ3n) is 4.08. The van der Waals surface area contributed by atoms with Gasteiger partial charge in [-0.2, -0.15) is 0 Å². The van der Waals surface area contributed by atoms with E-state index in [1.54, 1.807) is 23.1 Å². The molecule has 1 aromatic heterocycles. The number of nitrogens with one attached hydrogen (secondary N) is 1. The second-order valence-electron chi connectivity index (χ2n) is 6.43. The molecule has 0 saturated carbocycles. The van der Waals surface area contributed by atoms with Gasteiger partial charge in [-0.25, -0.2) is 9.78 Å². The molecule has 0 spiro atoms. The lowest BCUT2D eigenvalue weighted by atomic mass is 10.2. The summed E-state index contributed by atoms with van der Waals surface area (Å²) >= 11 is 12.0. The minimum absolute atomic E-state index is 0.203. The zero-order valence-electron chi connectivity index (χ0n) is 15.2. The molecule has 1 N–H and O–H groups in total. The molecule has 1 aromatic carbocycles. The summed E-state index contributed by atoms with van der Waals surface area (Å²) in [5.41, 5.74) is 1.91. The summed E-state index contributed by atoms with van der Waals surface area (Å²) in [6.45, 7) is 5.51. The number of benzene rings is 1. The molecule has 1 saturated heterocycles. The van der Waals surface area contributed by atoms with E-state index in [4.69, 9.17) is 32.7 Å². The Bertz CT molecular complexity index is 812. The Morgan fingerprint density at radius 1 is 1.33 bits per heavy atom. The number of carbonyl (C=O) groups is 1. The first-order valence-corrected chi connectivity index (χ1v) is 9.37. The Labute approximate surface area is 168 Å². The van der Waals surface area contributed by atoms with Crippen molar-refractivity contribution in [2.45, 2.75) is 20.0 Å². The van der Waals surface area contributed by atoms with Crippen molar-refractivity contribution in [2.75, 3.05) is 31.6 Å². The van der Waals surface area contributed by atoms with Gasteiger partial charge in [0.2, 0.25) is 0 Å². The van der Waals surface area contributed by atoms with Gasteiger partial charge in [0.15, 0.2) is 0 Å². The van der Waals surface area contributed by atoms with Gasteiger partial charge in [-0.15, -0.1) is 0 Å². The number of nitrogens with zero attached hydrogens (tertiary/aromatic N) is 2. The molecular weight excluding hydrogens is 389 g/mol. The molecule has 1 unspecified atom stereocenters. The van der Waals surface area contributed by atoms with Gasteiger partial charge in [0, 0.05) is 17.3 Å². The normalized spacial score (nSPS) is 16.9. The van der Waals surface area contributed by atoms with Crippen LogP contribution in [0.25, 0.3) is 0 Å². The largest absolute Gasteiger partial charge is 0.489 e. The molecule has 2 aromatic rings. The number of rotatable bonds is 4. The fourth-order valence-corrected chi connectivity index (χ4v) is 3.34. The maximum atomic E-state index is 12.5. The first-order chi connectivity index (χ1) is 12.9. The average molecular weight is 410 g/mol. The van der Waals surface area contributed by atoms with Gasteiger partial charge in [-0.3, -0.25) is 5.32 Å². The third kappa shape index (κ3) is 5.48. The van der Waals surface area contributed by atoms with Crippen molar-refractivity contribution in [3.63, 3.8) is 0 Å². The van der Waals surface area contributed by atoms with E-state index in [1.165, 1.54) is 0 Å². The molecule has 1 fully saturated rings. The number of anilines is 1. The Hall–Kier alpha value is -2.02. The summed E-state index contributed by atoms with van der Waals surface area (Å²) in [5, 5.41) is 3.83. The number of pyridine rings is 1. The summed E-state index contributed by atoms with van der Waals surface area (Å²) in [5.74, 6) is 1.08. The quantitative estimate of drug-likeness (QED) is 0.816. The summed E-state index contributed by atoms with van der Waals surface area (Å²) in [6.07, 6.45) is -0.247. The highest BCUT2D eigenvalue weighted by atomic mass is 35.5. The molecule has 1 atom stereocenters. The number of aryl methyl sites for hydroxylation is 2. The first kappa shape index (κ1) is 19.7. The van der Waals surface area contributed by atoms with Crippen LogP contribution >= 0.6 is 23.2 Å². The van der Waals surface area contributed by atoms with Gasteiger partial charge in [0.05, 0.1) is 18.2 Å². The van der Waals surface area contributed by atoms with Crippen molar-refractivity contribution in [3.8, 4) is 5.75 Å². The van der Waals surface area contributed by atoms with E-state index in [-0.39, 0.29) is 18.7 Å². The van der Waals surface area contributed by atoms with Gasteiger partial charge in [0.1, 0.15) is 24.3 Å². The van der Waals surface area contributed by atoms with Crippen LogP contribution in [0.5, 0.6) is 5.75 Å². The van der Waals surface area contributed by atoms with Crippen LogP contribution in [0.3, 0.4) is 0 Å². The molecule has 1 aliphatic rings. The van der Waals surface area contributed by atoms with E-state index in [9.17, 15) is 4.79 Å². The Morgan fingerprint density at radius 3 is 2.89 bits per heavy atom. The van der Waals surface area contributed by atoms with E-state index >= 15 is 0 Å². The van der Waals surface area contributed by atoms with Crippen LogP contribution in [-0.2, 0) is 4.74 Å². The standard InChI is InChI=1S/C19H21Cl2N3O3/c1-12-7-13(2)22-18(8-12)23-19(25)24-5-6-26-15(10-24)11-27-17-4-3-14(20)9-16(17)21/h3-4,7-9,15H,5-6,10-11H2,1-2H3,(H,22,23,25). The van der Waals surface area contributed by atoms with Gasteiger partial charge in [-0.05, 0) is 49.7 Å². The van der Waals surface area contributed by atoms with E-state index in [2.05, 4.69) is 10.3 Å². The molecule has 3 rings (SSSR count). The molecule has 1 aliphatic heterocycles. The second kappa shape index (κ2) is 8.78. The molecule has 2 amide bonds. The number of amides is 2. The smallest absolute Gasteiger partial charge is 0.323 e. The second-order valence-corrected chi connectivity index (χ2v) is 7.27. The van der Waals surface area contributed by atoms with Crippen molar-refractivity contribution in [1.82, 2.24) is 9.88 Å². The minimum Gasteiger partial charge on any atom is -0.489 e. The van der Waals surface area contributed by atoms with Gasteiger partial charge in [-0.1, -0.05) is 23.2 Å². The number of hydrogen-bond donors (Lipinski definition) is 1. The highest BCUT2D eigenvalue weighted by molar-refractivity contribution is 6.35. The number of halogens is 2. The van der Waals surface area contributed by atoms with Crippen molar-refractivity contribution in [2.24, 2.45) is 0 Å². The van der Waals surface area contributed by atoms with Crippen molar-refractivity contribution >= 4 is 35.1 Å². The average Bonchev–Trinajstić information content (AvgIpc) is 2.60. The highest BCUT2D eigenvalue weighted by Gasteiger charge is 2.25. The van der Waals surface area contributed by atoms with Crippen LogP contribution in [0.15, 0.2) is 30.3 Å². The monoisotopic (exact) mass is 409 g/mol. The van der Waals surface area contributed by atoms with Gasteiger partial charge in [0.25, 0.3) is 0 Å². The lowest BCUT2D eigenvalue weighted by molar-refractivity contribution is -0.0336. The predicted molar refractivity (Wildman–Crippen MR) is 106 cm³/mol. The van der Waals surface area contributed by atoms with Gasteiger partial charge >= 0.3 is 6.03 Å². The van der Waals surface area contributed by atoms with Crippen LogP contribution in [0.4, 0.5) is 10.6 Å². The summed E-state index contributed by atoms with van der Waals surface area (Å²) < 4.78 is 11.4. The SMILES string of the molecule is Cc1cc(C)nc(NC(=O)N2CCOC(COc3ccc(Cl)cc3Cl)C2)c1. The number of carbonyl (C=O) groups excluding carboxylic acids is 1.